The molecule has 5 heteroatoms. The largest absolute Gasteiger partial charge is 0.468 e. The molecule has 18 heavy (non-hydrogen) atoms. The Morgan fingerprint density at radius 2 is 2.22 bits per heavy atom. The fourth-order valence-electron chi connectivity index (χ4n) is 1.72. The van der Waals surface area contributed by atoms with Crippen LogP contribution in [0.15, 0.2) is 24.3 Å². The van der Waals surface area contributed by atoms with Crippen molar-refractivity contribution in [3.8, 4) is 0 Å². The lowest BCUT2D eigenvalue weighted by molar-refractivity contribution is -0.138. The molecule has 1 N–H and O–H groups in total. The maximum Gasteiger partial charge on any atom is 0.325 e. The molecule has 2 aromatic rings. The molecular formula is C13H13FN2O2. The van der Waals surface area contributed by atoms with Crippen LogP contribution in [0.5, 0.6) is 0 Å². The van der Waals surface area contributed by atoms with Crippen molar-refractivity contribution in [3.63, 3.8) is 0 Å². The molecule has 4 nitrogen and oxygen atoms in total. The van der Waals surface area contributed by atoms with E-state index in [1.165, 1.54) is 19.2 Å². The molecule has 2 rings (SSSR count). The van der Waals surface area contributed by atoms with Crippen molar-refractivity contribution < 1.29 is 13.9 Å². The fourth-order valence-corrected chi connectivity index (χ4v) is 1.72. The summed E-state index contributed by atoms with van der Waals surface area (Å²) in [4.78, 5) is 15.4. The highest BCUT2D eigenvalue weighted by atomic mass is 19.1. The first-order valence-corrected chi connectivity index (χ1v) is 5.48. The van der Waals surface area contributed by atoms with Crippen molar-refractivity contribution in [2.75, 3.05) is 19.0 Å². The summed E-state index contributed by atoms with van der Waals surface area (Å²) < 4.78 is 17.8. The minimum atomic E-state index is -0.381. The van der Waals surface area contributed by atoms with Gasteiger partial charge < -0.3 is 10.1 Å². The van der Waals surface area contributed by atoms with Crippen LogP contribution in [0.2, 0.25) is 0 Å². The highest BCUT2D eigenvalue weighted by molar-refractivity contribution is 5.92. The molecule has 0 bridgehead atoms. The molecule has 0 aliphatic heterocycles. The van der Waals surface area contributed by atoms with Crippen molar-refractivity contribution in [1.82, 2.24) is 4.98 Å². The minimum absolute atomic E-state index is 0.0333. The number of nitrogens with one attached hydrogen (secondary N) is 1. The summed E-state index contributed by atoms with van der Waals surface area (Å²) in [5.41, 5.74) is 2.15. The summed E-state index contributed by atoms with van der Waals surface area (Å²) in [6.45, 7) is 1.87. The van der Waals surface area contributed by atoms with Gasteiger partial charge in [-0.15, -0.1) is 0 Å². The van der Waals surface area contributed by atoms with E-state index in [9.17, 15) is 9.18 Å². The molecule has 0 saturated carbocycles. The average Bonchev–Trinajstić information content (AvgIpc) is 2.36. The third kappa shape index (κ3) is 2.56. The molecule has 0 spiro atoms. The Bertz CT molecular complexity index is 599. The predicted octanol–water partition coefficient (Wildman–Crippen LogP) is 2.27. The van der Waals surface area contributed by atoms with Gasteiger partial charge in [-0.25, -0.2) is 4.39 Å². The first-order valence-electron chi connectivity index (χ1n) is 5.48. The van der Waals surface area contributed by atoms with Crippen LogP contribution in [0.25, 0.3) is 10.9 Å². The van der Waals surface area contributed by atoms with Crippen LogP contribution in [0.1, 0.15) is 5.69 Å². The van der Waals surface area contributed by atoms with Crippen LogP contribution >= 0.6 is 0 Å². The standard InChI is InChI=1S/C13H13FN2O2/c1-8-5-12(15-7-13(17)18-2)10-6-9(14)3-4-11(10)16-8/h3-6H,7H2,1-2H3,(H,15,16). The van der Waals surface area contributed by atoms with Crippen molar-refractivity contribution in [1.29, 1.82) is 0 Å². The lowest BCUT2D eigenvalue weighted by Crippen LogP contribution is -2.15. The van der Waals surface area contributed by atoms with Gasteiger partial charge in [-0.05, 0) is 31.2 Å². The van der Waals surface area contributed by atoms with E-state index in [1.807, 2.05) is 6.92 Å². The minimum Gasteiger partial charge on any atom is -0.468 e. The third-order valence-electron chi connectivity index (χ3n) is 2.55. The van der Waals surface area contributed by atoms with Gasteiger partial charge in [-0.2, -0.15) is 0 Å². The van der Waals surface area contributed by atoms with Gasteiger partial charge in [0, 0.05) is 16.8 Å². The molecule has 0 aliphatic carbocycles. The number of nitrogens with zero attached hydrogens (tertiary/aromatic N) is 1. The van der Waals surface area contributed by atoms with E-state index >= 15 is 0 Å². The smallest absolute Gasteiger partial charge is 0.325 e. The van der Waals surface area contributed by atoms with Gasteiger partial charge in [0.1, 0.15) is 12.4 Å². The first kappa shape index (κ1) is 12.3. The summed E-state index contributed by atoms with van der Waals surface area (Å²) >= 11 is 0. The Labute approximate surface area is 104 Å². The van der Waals surface area contributed by atoms with Gasteiger partial charge >= 0.3 is 5.97 Å². The van der Waals surface area contributed by atoms with Crippen molar-refractivity contribution >= 4 is 22.6 Å². The average molecular weight is 248 g/mol. The molecular weight excluding hydrogens is 235 g/mol. The molecule has 0 amide bonds. The normalized spacial score (nSPS) is 10.4. The van der Waals surface area contributed by atoms with Gasteiger partial charge in [0.15, 0.2) is 0 Å². The highest BCUT2D eigenvalue weighted by Crippen LogP contribution is 2.23. The number of fused-ring (bicyclic) bond motifs is 1. The van der Waals surface area contributed by atoms with E-state index in [4.69, 9.17) is 0 Å². The van der Waals surface area contributed by atoms with Crippen LogP contribution in [0.4, 0.5) is 10.1 Å². The molecule has 1 aromatic carbocycles. The number of aromatic nitrogens is 1. The zero-order valence-corrected chi connectivity index (χ0v) is 10.2. The quantitative estimate of drug-likeness (QED) is 0.846. The number of pyridine rings is 1. The number of aryl methyl sites for hydroxylation is 1. The maximum absolute atomic E-state index is 13.2. The number of esters is 1. The van der Waals surface area contributed by atoms with Crippen LogP contribution < -0.4 is 5.32 Å². The molecule has 1 aromatic heterocycles. The lowest BCUT2D eigenvalue weighted by atomic mass is 10.1. The number of rotatable bonds is 3. The second-order valence-electron chi connectivity index (χ2n) is 3.90. The van der Waals surface area contributed by atoms with Crippen molar-refractivity contribution in [2.24, 2.45) is 0 Å². The van der Waals surface area contributed by atoms with Crippen molar-refractivity contribution in [2.45, 2.75) is 6.92 Å². The Morgan fingerprint density at radius 3 is 2.94 bits per heavy atom. The number of ether oxygens (including phenoxy) is 1. The molecule has 0 fully saturated rings. The number of carbonyl (C=O) groups is 1. The Kier molecular flexibility index (Phi) is 3.41. The van der Waals surface area contributed by atoms with Gasteiger partial charge in [0.2, 0.25) is 0 Å². The summed E-state index contributed by atoms with van der Waals surface area (Å²) in [5, 5.41) is 3.57. The number of anilines is 1. The predicted molar refractivity (Wildman–Crippen MR) is 66.9 cm³/mol. The van der Waals surface area contributed by atoms with E-state index < -0.39 is 0 Å². The third-order valence-corrected chi connectivity index (χ3v) is 2.55. The Balaban J connectivity index is 2.41. The van der Waals surface area contributed by atoms with Crippen LogP contribution in [-0.4, -0.2) is 24.6 Å². The van der Waals surface area contributed by atoms with Gasteiger partial charge in [-0.1, -0.05) is 0 Å². The highest BCUT2D eigenvalue weighted by Gasteiger charge is 2.07. The zero-order valence-electron chi connectivity index (χ0n) is 10.2. The lowest BCUT2D eigenvalue weighted by Gasteiger charge is -2.09. The molecule has 0 atom stereocenters. The van der Waals surface area contributed by atoms with E-state index in [1.54, 1.807) is 12.1 Å². The number of hydrogen-bond donors (Lipinski definition) is 1. The molecule has 0 radical (unpaired) electrons. The zero-order chi connectivity index (χ0) is 13.1. The molecule has 94 valence electrons. The van der Waals surface area contributed by atoms with Crippen LogP contribution in [-0.2, 0) is 9.53 Å². The molecule has 0 aliphatic rings. The molecule has 0 saturated heterocycles. The van der Waals surface area contributed by atoms with E-state index in [0.29, 0.717) is 16.6 Å². The summed E-state index contributed by atoms with van der Waals surface area (Å²) in [5.74, 6) is -0.719. The monoisotopic (exact) mass is 248 g/mol. The number of hydrogen-bond acceptors (Lipinski definition) is 4. The number of methoxy groups -OCH3 is 1. The Morgan fingerprint density at radius 1 is 1.44 bits per heavy atom. The van der Waals surface area contributed by atoms with Gasteiger partial charge in [-0.3, -0.25) is 9.78 Å². The topological polar surface area (TPSA) is 51.2 Å². The van der Waals surface area contributed by atoms with E-state index in [2.05, 4.69) is 15.0 Å². The van der Waals surface area contributed by atoms with Crippen LogP contribution in [0.3, 0.4) is 0 Å². The van der Waals surface area contributed by atoms with Gasteiger partial charge in [0.05, 0.1) is 12.6 Å². The fraction of sp³-hybridized carbons (Fsp3) is 0.231. The maximum atomic E-state index is 13.2. The second kappa shape index (κ2) is 5.00. The number of carbonyl (C=O) groups excluding carboxylic acids is 1. The number of benzene rings is 1. The van der Waals surface area contributed by atoms with Gasteiger partial charge in [0.25, 0.3) is 0 Å². The summed E-state index contributed by atoms with van der Waals surface area (Å²) in [6, 6.07) is 6.13. The second-order valence-corrected chi connectivity index (χ2v) is 3.90. The van der Waals surface area contributed by atoms with Crippen LogP contribution in [0, 0.1) is 12.7 Å². The van der Waals surface area contributed by atoms with E-state index in [0.717, 1.165) is 5.69 Å². The molecule has 1 heterocycles. The SMILES string of the molecule is COC(=O)CNc1cc(C)nc2ccc(F)cc12. The summed E-state index contributed by atoms with van der Waals surface area (Å²) in [6.07, 6.45) is 0. The first-order chi connectivity index (χ1) is 8.60. The summed E-state index contributed by atoms with van der Waals surface area (Å²) in [7, 11) is 1.32. The Hall–Kier alpha value is -2.17. The number of halogens is 1. The molecule has 0 unspecified atom stereocenters. The van der Waals surface area contributed by atoms with E-state index in [-0.39, 0.29) is 18.3 Å². The van der Waals surface area contributed by atoms with Crippen molar-refractivity contribution in [3.05, 3.63) is 35.8 Å².